The first-order chi connectivity index (χ1) is 42.8. The van der Waals surface area contributed by atoms with Gasteiger partial charge in [-0.25, -0.2) is 4.57 Å². The molecule has 2 atom stereocenters. The molecule has 0 fully saturated rings. The molecular weight excluding hydrogens is 1100 g/mol. The van der Waals surface area contributed by atoms with Gasteiger partial charge in [0.25, 0.3) is 0 Å². The van der Waals surface area contributed by atoms with Crippen molar-refractivity contribution in [3.8, 4) is 0 Å². The summed E-state index contributed by atoms with van der Waals surface area (Å²) in [6.07, 6.45) is 99.1. The number of hydrogen-bond donors (Lipinski definition) is 2. The van der Waals surface area contributed by atoms with Gasteiger partial charge in [0.2, 0.25) is 0 Å². The predicted octanol–water partition coefficient (Wildman–Crippen LogP) is 24.1. The topological polar surface area (TPSA) is 134 Å². The number of allylic oxidation sites excluding steroid dienone is 18. The molecule has 0 aromatic heterocycles. The first-order valence-electron chi connectivity index (χ1n) is 36.4. The van der Waals surface area contributed by atoms with E-state index < -0.39 is 26.5 Å². The molecule has 0 amide bonds. The zero-order chi connectivity index (χ0) is 63.0. The number of phosphoric acid groups is 1. The van der Waals surface area contributed by atoms with E-state index in [-0.39, 0.29) is 38.6 Å². The highest BCUT2D eigenvalue weighted by Crippen LogP contribution is 2.43. The van der Waals surface area contributed by atoms with E-state index >= 15 is 0 Å². The van der Waals surface area contributed by atoms with Crippen molar-refractivity contribution in [2.45, 2.75) is 341 Å². The molecular formula is C77H136NO8P. The Morgan fingerprint density at radius 2 is 0.632 bits per heavy atom. The molecule has 3 N–H and O–H groups in total. The Hall–Kier alpha value is -3.33. The van der Waals surface area contributed by atoms with Crippen LogP contribution in [0.15, 0.2) is 109 Å². The van der Waals surface area contributed by atoms with Crippen LogP contribution in [0.3, 0.4) is 0 Å². The number of phosphoric ester groups is 1. The molecule has 0 aliphatic carbocycles. The van der Waals surface area contributed by atoms with Crippen LogP contribution in [0.5, 0.6) is 0 Å². The zero-order valence-corrected chi connectivity index (χ0v) is 57.4. The third kappa shape index (κ3) is 71.6. The molecule has 0 saturated carbocycles. The van der Waals surface area contributed by atoms with Gasteiger partial charge in [0.1, 0.15) is 6.61 Å². The van der Waals surface area contributed by atoms with Gasteiger partial charge in [-0.2, -0.15) is 0 Å². The Morgan fingerprint density at radius 1 is 0.356 bits per heavy atom. The lowest BCUT2D eigenvalue weighted by atomic mass is 10.0. The van der Waals surface area contributed by atoms with Crippen molar-refractivity contribution in [2.75, 3.05) is 26.4 Å². The molecule has 0 spiro atoms. The Labute approximate surface area is 537 Å². The molecule has 0 saturated heterocycles. The van der Waals surface area contributed by atoms with Crippen LogP contribution in [0.1, 0.15) is 335 Å². The lowest BCUT2D eigenvalue weighted by Crippen LogP contribution is -2.29. The van der Waals surface area contributed by atoms with Crippen LogP contribution in [-0.4, -0.2) is 49.3 Å². The van der Waals surface area contributed by atoms with Gasteiger partial charge in [-0.3, -0.25) is 18.6 Å². The monoisotopic (exact) mass is 1230 g/mol. The van der Waals surface area contributed by atoms with E-state index in [1.165, 1.54) is 193 Å². The lowest BCUT2D eigenvalue weighted by Gasteiger charge is -2.19. The van der Waals surface area contributed by atoms with Crippen LogP contribution < -0.4 is 5.73 Å². The van der Waals surface area contributed by atoms with Crippen molar-refractivity contribution in [3.63, 3.8) is 0 Å². The number of carbonyl (C=O) groups excluding carboxylic acids is 2. The van der Waals surface area contributed by atoms with Gasteiger partial charge in [-0.05, 0) is 83.5 Å². The molecule has 0 radical (unpaired) electrons. The zero-order valence-electron chi connectivity index (χ0n) is 56.5. The van der Waals surface area contributed by atoms with E-state index in [1.807, 2.05) is 0 Å². The third-order valence-electron chi connectivity index (χ3n) is 15.7. The normalized spacial score (nSPS) is 13.6. The van der Waals surface area contributed by atoms with Crippen LogP contribution in [0.25, 0.3) is 0 Å². The molecule has 502 valence electrons. The number of ether oxygens (including phenoxy) is 2. The Balaban J connectivity index is 3.92. The largest absolute Gasteiger partial charge is 0.472 e. The maximum atomic E-state index is 12.8. The van der Waals surface area contributed by atoms with Crippen LogP contribution in [-0.2, 0) is 32.7 Å². The summed E-state index contributed by atoms with van der Waals surface area (Å²) in [7, 11) is -4.41. The Kier molecular flexibility index (Phi) is 69.0. The SMILES string of the molecule is CC/C=C\C/C=C\C/C=C\C/C=C\C/C=C\C/C=C\C/C=C\C/C=C\C/C=C\CCCCCCCC(=O)OC(COC(=O)CCCCCCCCCCCCCCCCCCCCCCCCCCCCCCCCCCC)COP(=O)(O)OCCN. The fourth-order valence-corrected chi connectivity index (χ4v) is 11.1. The second-order valence-corrected chi connectivity index (χ2v) is 25.5. The average Bonchev–Trinajstić information content (AvgIpc) is 3.64. The van der Waals surface area contributed by atoms with Crippen LogP contribution in [0.4, 0.5) is 0 Å². The van der Waals surface area contributed by atoms with E-state index in [0.717, 1.165) is 109 Å². The minimum absolute atomic E-state index is 0.0459. The van der Waals surface area contributed by atoms with Crippen molar-refractivity contribution in [2.24, 2.45) is 5.73 Å². The number of carbonyl (C=O) groups is 2. The molecule has 0 aromatic carbocycles. The van der Waals surface area contributed by atoms with E-state index in [1.54, 1.807) is 0 Å². The van der Waals surface area contributed by atoms with E-state index in [2.05, 4.69) is 123 Å². The van der Waals surface area contributed by atoms with Gasteiger partial charge in [-0.1, -0.05) is 348 Å². The number of hydrogen-bond acceptors (Lipinski definition) is 8. The fourth-order valence-electron chi connectivity index (χ4n) is 10.3. The molecule has 9 nitrogen and oxygen atoms in total. The third-order valence-corrected chi connectivity index (χ3v) is 16.7. The Bertz CT molecular complexity index is 1800. The summed E-state index contributed by atoms with van der Waals surface area (Å²) in [5, 5.41) is 0. The van der Waals surface area contributed by atoms with Gasteiger partial charge < -0.3 is 20.1 Å². The minimum atomic E-state index is -4.41. The molecule has 0 bridgehead atoms. The molecule has 0 aliphatic rings. The van der Waals surface area contributed by atoms with Crippen molar-refractivity contribution < 1.29 is 37.6 Å². The first-order valence-corrected chi connectivity index (χ1v) is 37.9. The first kappa shape index (κ1) is 83.7. The summed E-state index contributed by atoms with van der Waals surface area (Å²) in [6.45, 7) is 3.64. The second kappa shape index (κ2) is 71.7. The molecule has 10 heteroatoms. The fraction of sp³-hybridized carbons (Fsp3) is 0.740. The molecule has 0 heterocycles. The summed E-state index contributed by atoms with van der Waals surface area (Å²) in [6, 6.07) is 0. The molecule has 0 aliphatic heterocycles. The van der Waals surface area contributed by atoms with Gasteiger partial charge >= 0.3 is 19.8 Å². The molecule has 0 rings (SSSR count). The highest BCUT2D eigenvalue weighted by Gasteiger charge is 2.26. The van der Waals surface area contributed by atoms with Crippen molar-refractivity contribution in [1.82, 2.24) is 0 Å². The van der Waals surface area contributed by atoms with Crippen molar-refractivity contribution >= 4 is 19.8 Å². The van der Waals surface area contributed by atoms with E-state index in [0.29, 0.717) is 6.42 Å². The van der Waals surface area contributed by atoms with E-state index in [9.17, 15) is 19.0 Å². The standard InChI is InChI=1S/C77H136NO8P/c1-3-5-7-9-11-13-15-17-19-21-23-25-27-29-31-33-35-37-39-41-43-45-47-49-51-53-55-57-59-61-63-65-67-69-76(79)83-73-75(74-85-87(81,82)84-72-71-78)86-77(80)70-68-66-64-62-60-58-56-54-52-50-48-46-44-42-40-38-36-34-32-30-28-26-24-22-20-18-16-14-12-10-8-6-4-2/h6,8,12,14,18,20,24,26,30,32,36,38,42,44,48,50,54,56,75H,3-5,7,9-11,13,15-17,19,21-23,25,27-29,31,33-35,37,39-41,43,45-47,49,51-53,55,57-74,78H2,1-2H3,(H,81,82)/b8-6-,14-12-,20-18-,26-24-,32-30-,38-36-,44-42-,50-48-,56-54-. The van der Waals surface area contributed by atoms with Crippen molar-refractivity contribution in [3.05, 3.63) is 109 Å². The van der Waals surface area contributed by atoms with Crippen LogP contribution >= 0.6 is 7.82 Å². The minimum Gasteiger partial charge on any atom is -0.462 e. The maximum Gasteiger partial charge on any atom is 0.472 e. The van der Waals surface area contributed by atoms with Gasteiger partial charge in [0.05, 0.1) is 13.2 Å². The molecule has 87 heavy (non-hydrogen) atoms. The summed E-state index contributed by atoms with van der Waals surface area (Å²) >= 11 is 0. The highest BCUT2D eigenvalue weighted by atomic mass is 31.2. The predicted molar refractivity (Wildman–Crippen MR) is 376 cm³/mol. The van der Waals surface area contributed by atoms with Gasteiger partial charge in [0.15, 0.2) is 6.10 Å². The number of nitrogens with two attached hydrogens (primary N) is 1. The quantitative estimate of drug-likeness (QED) is 0.0264. The Morgan fingerprint density at radius 3 is 0.943 bits per heavy atom. The lowest BCUT2D eigenvalue weighted by molar-refractivity contribution is -0.161. The summed E-state index contributed by atoms with van der Waals surface area (Å²) in [4.78, 5) is 35.4. The smallest absolute Gasteiger partial charge is 0.462 e. The molecule has 2 unspecified atom stereocenters. The maximum absolute atomic E-state index is 12.8. The summed E-state index contributed by atoms with van der Waals surface area (Å²) in [5.41, 5.74) is 5.40. The number of unbranched alkanes of at least 4 members (excludes halogenated alkanes) is 37. The van der Waals surface area contributed by atoms with Gasteiger partial charge in [0, 0.05) is 19.4 Å². The van der Waals surface area contributed by atoms with Gasteiger partial charge in [-0.15, -0.1) is 0 Å². The van der Waals surface area contributed by atoms with Crippen LogP contribution in [0.2, 0.25) is 0 Å². The van der Waals surface area contributed by atoms with Crippen molar-refractivity contribution in [1.29, 1.82) is 0 Å². The van der Waals surface area contributed by atoms with E-state index in [4.69, 9.17) is 24.3 Å². The van der Waals surface area contributed by atoms with Crippen LogP contribution in [0, 0.1) is 0 Å². The second-order valence-electron chi connectivity index (χ2n) is 24.1. The molecule has 0 aromatic rings. The summed E-state index contributed by atoms with van der Waals surface area (Å²) < 4.78 is 33.2. The number of esters is 2. The average molecular weight is 1230 g/mol. The summed E-state index contributed by atoms with van der Waals surface area (Å²) in [5.74, 6) is -0.843. The number of rotatable bonds is 68. The highest BCUT2D eigenvalue weighted by molar-refractivity contribution is 7.47.